The molecule has 1 aliphatic heterocycles. The van der Waals surface area contributed by atoms with E-state index in [0.717, 1.165) is 31.2 Å². The molecule has 1 aromatic rings. The summed E-state index contributed by atoms with van der Waals surface area (Å²) in [5.74, 6) is -0.0583. The molecule has 26 heavy (non-hydrogen) atoms. The van der Waals surface area contributed by atoms with Gasteiger partial charge in [0.05, 0.1) is 6.04 Å². The van der Waals surface area contributed by atoms with Crippen molar-refractivity contribution in [1.82, 2.24) is 10.2 Å². The Labute approximate surface area is 156 Å². The van der Waals surface area contributed by atoms with Gasteiger partial charge in [-0.3, -0.25) is 4.79 Å². The maximum Gasteiger partial charge on any atom is 0.407 e. The van der Waals surface area contributed by atoms with Crippen molar-refractivity contribution in [1.29, 1.82) is 0 Å². The highest BCUT2D eigenvalue weighted by molar-refractivity contribution is 6.08. The van der Waals surface area contributed by atoms with Crippen LogP contribution in [0.2, 0.25) is 0 Å². The molecular weight excluding hydrogens is 328 g/mol. The highest BCUT2D eigenvalue weighted by Crippen LogP contribution is 2.31. The van der Waals surface area contributed by atoms with Crippen LogP contribution in [0, 0.1) is 0 Å². The second-order valence-corrected chi connectivity index (χ2v) is 7.75. The predicted octanol–water partition coefficient (Wildman–Crippen LogP) is 4.59. The lowest BCUT2D eigenvalue weighted by Crippen LogP contribution is -2.45. The van der Waals surface area contributed by atoms with E-state index in [2.05, 4.69) is 18.8 Å². The molecule has 0 unspecified atom stereocenters. The van der Waals surface area contributed by atoms with Crippen LogP contribution in [-0.2, 0) is 4.74 Å². The van der Waals surface area contributed by atoms with Crippen LogP contribution in [0.1, 0.15) is 69.3 Å². The normalized spacial score (nSPS) is 15.0. The molecule has 142 valence electrons. The van der Waals surface area contributed by atoms with Gasteiger partial charge in [0.2, 0.25) is 0 Å². The van der Waals surface area contributed by atoms with Crippen molar-refractivity contribution in [2.24, 2.45) is 0 Å². The first kappa shape index (κ1) is 20.0. The SMILES string of the molecule is C=C1c2ccccc2C(=O)N1C[C@@H](CCCCC)NC(=O)OC(C)(C)C. The van der Waals surface area contributed by atoms with Gasteiger partial charge in [0.25, 0.3) is 5.91 Å². The molecule has 0 saturated carbocycles. The molecule has 1 aliphatic rings. The van der Waals surface area contributed by atoms with E-state index in [4.69, 9.17) is 4.74 Å². The predicted molar refractivity (Wildman–Crippen MR) is 104 cm³/mol. The van der Waals surface area contributed by atoms with Gasteiger partial charge in [-0.15, -0.1) is 0 Å². The first-order valence-electron chi connectivity index (χ1n) is 9.32. The Morgan fingerprint density at radius 1 is 1.23 bits per heavy atom. The van der Waals surface area contributed by atoms with Crippen molar-refractivity contribution in [3.05, 3.63) is 42.0 Å². The average molecular weight is 358 g/mol. The largest absolute Gasteiger partial charge is 0.444 e. The quantitative estimate of drug-likeness (QED) is 0.726. The molecule has 1 atom stereocenters. The van der Waals surface area contributed by atoms with Gasteiger partial charge >= 0.3 is 6.09 Å². The summed E-state index contributed by atoms with van der Waals surface area (Å²) < 4.78 is 5.38. The second-order valence-electron chi connectivity index (χ2n) is 7.75. The lowest BCUT2D eigenvalue weighted by atomic mass is 10.1. The first-order chi connectivity index (χ1) is 12.2. The van der Waals surface area contributed by atoms with E-state index >= 15 is 0 Å². The molecule has 5 heteroatoms. The molecule has 2 amide bonds. The fourth-order valence-corrected chi connectivity index (χ4v) is 3.07. The lowest BCUT2D eigenvalue weighted by Gasteiger charge is -2.27. The maximum atomic E-state index is 12.7. The van der Waals surface area contributed by atoms with E-state index in [0.29, 0.717) is 17.8 Å². The molecule has 1 heterocycles. The Bertz CT molecular complexity index is 641. The van der Waals surface area contributed by atoms with Crippen LogP contribution in [0.5, 0.6) is 0 Å². The standard InChI is InChI=1S/C21H30N2O3/c1-6-7-8-11-16(22-20(25)26-21(3,4)5)14-23-15(2)17-12-9-10-13-18(17)19(23)24/h9-10,12-13,16H,2,6-8,11,14H2,1,3-5H3,(H,22,25)/t16-/m1/s1. The van der Waals surface area contributed by atoms with Crippen molar-refractivity contribution in [2.75, 3.05) is 6.54 Å². The second kappa shape index (κ2) is 8.39. The Balaban J connectivity index is 2.08. The van der Waals surface area contributed by atoms with Crippen molar-refractivity contribution in [2.45, 2.75) is 65.0 Å². The van der Waals surface area contributed by atoms with Crippen LogP contribution in [0.15, 0.2) is 30.8 Å². The van der Waals surface area contributed by atoms with Gasteiger partial charge in [0.1, 0.15) is 5.60 Å². The molecule has 1 aromatic carbocycles. The minimum Gasteiger partial charge on any atom is -0.444 e. The number of unbranched alkanes of at least 4 members (excludes halogenated alkanes) is 2. The zero-order valence-electron chi connectivity index (χ0n) is 16.3. The van der Waals surface area contributed by atoms with Crippen LogP contribution in [0.4, 0.5) is 4.79 Å². The van der Waals surface area contributed by atoms with Gasteiger partial charge in [-0.05, 0) is 33.3 Å². The third-order valence-electron chi connectivity index (χ3n) is 4.32. The minimum absolute atomic E-state index is 0.0583. The lowest BCUT2D eigenvalue weighted by molar-refractivity contribution is 0.0488. The van der Waals surface area contributed by atoms with Gasteiger partial charge in [0.15, 0.2) is 0 Å². The number of amides is 2. The molecule has 1 N–H and O–H groups in total. The number of hydrogen-bond acceptors (Lipinski definition) is 3. The molecule has 0 radical (unpaired) electrons. The third-order valence-corrected chi connectivity index (χ3v) is 4.32. The molecular formula is C21H30N2O3. The Kier molecular flexibility index (Phi) is 6.46. The molecule has 0 saturated heterocycles. The summed E-state index contributed by atoms with van der Waals surface area (Å²) >= 11 is 0. The number of nitrogens with zero attached hydrogens (tertiary/aromatic N) is 1. The fourth-order valence-electron chi connectivity index (χ4n) is 3.07. The van der Waals surface area contributed by atoms with Gasteiger partial charge in [-0.25, -0.2) is 4.79 Å². The van der Waals surface area contributed by atoms with Crippen LogP contribution in [0.3, 0.4) is 0 Å². The number of carbonyl (C=O) groups is 2. The Morgan fingerprint density at radius 2 is 1.88 bits per heavy atom. The van der Waals surface area contributed by atoms with E-state index in [1.54, 1.807) is 4.90 Å². The molecule has 0 aliphatic carbocycles. The number of hydrogen-bond donors (Lipinski definition) is 1. The van der Waals surface area contributed by atoms with Gasteiger partial charge in [-0.2, -0.15) is 0 Å². The van der Waals surface area contributed by atoms with E-state index in [9.17, 15) is 9.59 Å². The van der Waals surface area contributed by atoms with Crippen molar-refractivity contribution < 1.29 is 14.3 Å². The Hall–Kier alpha value is -2.30. The minimum atomic E-state index is -0.554. The number of alkyl carbamates (subject to hydrolysis) is 1. The molecule has 0 spiro atoms. The Morgan fingerprint density at radius 3 is 2.46 bits per heavy atom. The number of fused-ring (bicyclic) bond motifs is 1. The number of ether oxygens (including phenoxy) is 1. The highest BCUT2D eigenvalue weighted by Gasteiger charge is 2.32. The van der Waals surface area contributed by atoms with E-state index in [1.807, 2.05) is 45.0 Å². The summed E-state index contributed by atoms with van der Waals surface area (Å²) in [6, 6.07) is 7.30. The third kappa shape index (κ3) is 5.10. The van der Waals surface area contributed by atoms with E-state index in [1.165, 1.54) is 0 Å². The fraction of sp³-hybridized carbons (Fsp3) is 0.524. The molecule has 0 fully saturated rings. The molecule has 2 rings (SSSR count). The van der Waals surface area contributed by atoms with Crippen LogP contribution in [0.25, 0.3) is 5.70 Å². The van der Waals surface area contributed by atoms with Crippen molar-refractivity contribution >= 4 is 17.7 Å². The summed E-state index contributed by atoms with van der Waals surface area (Å²) in [5.41, 5.74) is 1.67. The van der Waals surface area contributed by atoms with Gasteiger partial charge in [0, 0.05) is 23.4 Å². The summed E-state index contributed by atoms with van der Waals surface area (Å²) in [7, 11) is 0. The van der Waals surface area contributed by atoms with Crippen LogP contribution < -0.4 is 5.32 Å². The number of benzene rings is 1. The molecule has 5 nitrogen and oxygen atoms in total. The highest BCUT2D eigenvalue weighted by atomic mass is 16.6. The van der Waals surface area contributed by atoms with Gasteiger partial charge < -0.3 is 15.0 Å². The summed E-state index contributed by atoms with van der Waals surface area (Å²) in [6.07, 6.45) is 3.51. The summed E-state index contributed by atoms with van der Waals surface area (Å²) in [5, 5.41) is 2.93. The monoisotopic (exact) mass is 358 g/mol. The number of rotatable bonds is 7. The first-order valence-corrected chi connectivity index (χ1v) is 9.32. The summed E-state index contributed by atoms with van der Waals surface area (Å²) in [4.78, 5) is 26.6. The van der Waals surface area contributed by atoms with Crippen LogP contribution in [-0.4, -0.2) is 35.1 Å². The zero-order valence-corrected chi connectivity index (χ0v) is 16.3. The van der Waals surface area contributed by atoms with Crippen molar-refractivity contribution in [3.8, 4) is 0 Å². The molecule has 0 bridgehead atoms. The van der Waals surface area contributed by atoms with Crippen molar-refractivity contribution in [3.63, 3.8) is 0 Å². The topological polar surface area (TPSA) is 58.6 Å². The smallest absolute Gasteiger partial charge is 0.407 e. The maximum absolute atomic E-state index is 12.7. The number of nitrogens with one attached hydrogen (secondary N) is 1. The number of carbonyl (C=O) groups excluding carboxylic acids is 2. The average Bonchev–Trinajstić information content (AvgIpc) is 2.78. The zero-order chi connectivity index (χ0) is 19.3. The summed E-state index contributed by atoms with van der Waals surface area (Å²) in [6.45, 7) is 12.1. The van der Waals surface area contributed by atoms with Gasteiger partial charge in [-0.1, -0.05) is 51.0 Å². The van der Waals surface area contributed by atoms with Crippen LogP contribution >= 0.6 is 0 Å². The van der Waals surface area contributed by atoms with E-state index < -0.39 is 11.7 Å². The molecule has 0 aromatic heterocycles. The van der Waals surface area contributed by atoms with E-state index in [-0.39, 0.29) is 11.9 Å².